The third-order valence-electron chi connectivity index (χ3n) is 4.60. The lowest BCUT2D eigenvalue weighted by Gasteiger charge is -2.32. The smallest absolute Gasteiger partial charge is 0.220 e. The lowest BCUT2D eigenvalue weighted by atomic mass is 10.00. The zero-order valence-electron chi connectivity index (χ0n) is 15.4. The standard InChI is InChI=1S/C19H30N2O2S/c1-13-6-5-9-21(11-13)12-14(2)20-19(23)8-7-18(22)17-10-15(3)24-16(17)4/h10,13-14H,5-9,11-12H2,1-4H3,(H,20,23)/t13-,14+/m0/s1. The van der Waals surface area contributed by atoms with Gasteiger partial charge in [0.2, 0.25) is 5.91 Å². The molecular weight excluding hydrogens is 320 g/mol. The minimum absolute atomic E-state index is 0.0227. The molecule has 2 heterocycles. The molecule has 1 fully saturated rings. The second-order valence-corrected chi connectivity index (χ2v) is 8.69. The molecule has 1 aromatic heterocycles. The topological polar surface area (TPSA) is 49.4 Å². The van der Waals surface area contributed by atoms with Gasteiger partial charge in [0, 0.05) is 47.3 Å². The molecule has 0 radical (unpaired) electrons. The van der Waals surface area contributed by atoms with Gasteiger partial charge in [-0.25, -0.2) is 0 Å². The summed E-state index contributed by atoms with van der Waals surface area (Å²) in [5.41, 5.74) is 0.778. The van der Waals surface area contributed by atoms with Crippen LogP contribution in [-0.2, 0) is 4.79 Å². The number of likely N-dealkylation sites (tertiary alicyclic amines) is 1. The summed E-state index contributed by atoms with van der Waals surface area (Å²) in [6.45, 7) is 11.4. The number of hydrogen-bond donors (Lipinski definition) is 1. The molecule has 0 aromatic carbocycles. The summed E-state index contributed by atoms with van der Waals surface area (Å²) in [4.78, 5) is 29.0. The molecule has 134 valence electrons. The lowest BCUT2D eigenvalue weighted by molar-refractivity contribution is -0.121. The molecule has 5 heteroatoms. The highest BCUT2D eigenvalue weighted by Gasteiger charge is 2.19. The van der Waals surface area contributed by atoms with E-state index in [0.29, 0.717) is 0 Å². The van der Waals surface area contributed by atoms with Gasteiger partial charge in [0.1, 0.15) is 0 Å². The predicted octanol–water partition coefficient (Wildman–Crippen LogP) is 3.56. The number of carbonyl (C=O) groups is 2. The number of nitrogens with one attached hydrogen (secondary N) is 1. The van der Waals surface area contributed by atoms with Crippen molar-refractivity contribution in [2.45, 2.75) is 59.4 Å². The number of nitrogens with zero attached hydrogens (tertiary/aromatic N) is 1. The number of aryl methyl sites for hydroxylation is 2. The maximum atomic E-state index is 12.2. The van der Waals surface area contributed by atoms with Crippen molar-refractivity contribution < 1.29 is 9.59 Å². The first-order valence-corrected chi connectivity index (χ1v) is 9.78. The molecule has 0 spiro atoms. The van der Waals surface area contributed by atoms with Crippen molar-refractivity contribution in [1.82, 2.24) is 10.2 Å². The number of Topliss-reactive ketones (excluding diaryl/α,β-unsaturated/α-hetero) is 1. The van der Waals surface area contributed by atoms with E-state index in [9.17, 15) is 9.59 Å². The second kappa shape index (κ2) is 8.77. The van der Waals surface area contributed by atoms with E-state index in [0.717, 1.165) is 40.9 Å². The Morgan fingerprint density at radius 1 is 1.38 bits per heavy atom. The molecule has 1 aliphatic rings. The van der Waals surface area contributed by atoms with Gasteiger partial charge in [0.15, 0.2) is 5.78 Å². The number of carbonyl (C=O) groups excluding carboxylic acids is 2. The van der Waals surface area contributed by atoms with Crippen LogP contribution in [0.15, 0.2) is 6.07 Å². The van der Waals surface area contributed by atoms with Crippen molar-refractivity contribution in [3.8, 4) is 0 Å². The summed E-state index contributed by atoms with van der Waals surface area (Å²) in [5, 5.41) is 3.04. The third-order valence-corrected chi connectivity index (χ3v) is 5.57. The lowest BCUT2D eigenvalue weighted by Crippen LogP contribution is -2.45. The molecule has 0 aliphatic carbocycles. The molecule has 24 heavy (non-hydrogen) atoms. The van der Waals surface area contributed by atoms with Crippen LogP contribution >= 0.6 is 11.3 Å². The maximum absolute atomic E-state index is 12.2. The van der Waals surface area contributed by atoms with Crippen molar-refractivity contribution in [2.75, 3.05) is 19.6 Å². The molecule has 0 saturated carbocycles. The average molecular weight is 351 g/mol. The van der Waals surface area contributed by atoms with Crippen molar-refractivity contribution >= 4 is 23.0 Å². The molecule has 0 unspecified atom stereocenters. The van der Waals surface area contributed by atoms with Gasteiger partial charge in [0.05, 0.1) is 0 Å². The molecular formula is C19H30N2O2S. The molecule has 1 aromatic rings. The summed E-state index contributed by atoms with van der Waals surface area (Å²) in [6.07, 6.45) is 3.11. The highest BCUT2D eigenvalue weighted by molar-refractivity contribution is 7.12. The van der Waals surface area contributed by atoms with Gasteiger partial charge in [-0.2, -0.15) is 0 Å². The highest BCUT2D eigenvalue weighted by atomic mass is 32.1. The van der Waals surface area contributed by atoms with Crippen LogP contribution < -0.4 is 5.32 Å². The summed E-state index contributed by atoms with van der Waals surface area (Å²) in [6, 6.07) is 2.06. The molecule has 4 nitrogen and oxygen atoms in total. The van der Waals surface area contributed by atoms with Crippen LogP contribution in [0.2, 0.25) is 0 Å². The molecule has 1 saturated heterocycles. The predicted molar refractivity (Wildman–Crippen MR) is 99.8 cm³/mol. The van der Waals surface area contributed by atoms with Gasteiger partial charge in [-0.3, -0.25) is 9.59 Å². The quantitative estimate of drug-likeness (QED) is 0.765. The number of hydrogen-bond acceptors (Lipinski definition) is 4. The van der Waals surface area contributed by atoms with E-state index in [1.807, 2.05) is 26.8 Å². The van der Waals surface area contributed by atoms with Crippen LogP contribution in [0.3, 0.4) is 0 Å². The number of ketones is 1. The van der Waals surface area contributed by atoms with E-state index in [1.54, 1.807) is 11.3 Å². The number of thiophene rings is 1. The van der Waals surface area contributed by atoms with Gasteiger partial charge in [-0.05, 0) is 52.1 Å². The van der Waals surface area contributed by atoms with Crippen LogP contribution in [0.4, 0.5) is 0 Å². The second-order valence-electron chi connectivity index (χ2n) is 7.23. The molecule has 1 N–H and O–H groups in total. The molecule has 2 atom stereocenters. The fraction of sp³-hybridized carbons (Fsp3) is 0.684. The van der Waals surface area contributed by atoms with E-state index in [4.69, 9.17) is 0 Å². The normalized spacial score (nSPS) is 19.9. The van der Waals surface area contributed by atoms with Crippen LogP contribution in [-0.4, -0.2) is 42.3 Å². The Hall–Kier alpha value is -1.20. The minimum atomic E-state index is -0.0227. The Bertz CT molecular complexity index is 582. The SMILES string of the molecule is Cc1cc(C(=O)CCC(=O)N[C@H](C)CN2CCC[C@H](C)C2)c(C)s1. The van der Waals surface area contributed by atoms with E-state index >= 15 is 0 Å². The van der Waals surface area contributed by atoms with E-state index in [2.05, 4.69) is 17.1 Å². The summed E-state index contributed by atoms with van der Waals surface area (Å²) in [7, 11) is 0. The van der Waals surface area contributed by atoms with Crippen molar-refractivity contribution in [1.29, 1.82) is 0 Å². The Morgan fingerprint density at radius 3 is 2.75 bits per heavy atom. The van der Waals surface area contributed by atoms with E-state index in [1.165, 1.54) is 12.8 Å². The summed E-state index contributed by atoms with van der Waals surface area (Å²) < 4.78 is 0. The van der Waals surface area contributed by atoms with Gasteiger partial charge in [-0.15, -0.1) is 11.3 Å². The number of piperidine rings is 1. The molecule has 1 aliphatic heterocycles. The third kappa shape index (κ3) is 5.71. The monoisotopic (exact) mass is 350 g/mol. The fourth-order valence-corrected chi connectivity index (χ4v) is 4.44. The minimum Gasteiger partial charge on any atom is -0.352 e. The van der Waals surface area contributed by atoms with Crippen molar-refractivity contribution in [3.05, 3.63) is 21.4 Å². The average Bonchev–Trinajstić information content (AvgIpc) is 2.83. The van der Waals surface area contributed by atoms with Crippen LogP contribution in [0.1, 0.15) is 59.6 Å². The summed E-state index contributed by atoms with van der Waals surface area (Å²) >= 11 is 1.64. The van der Waals surface area contributed by atoms with Crippen LogP contribution in [0, 0.1) is 19.8 Å². The Balaban J connectivity index is 1.72. The molecule has 1 amide bonds. The molecule has 2 rings (SSSR count). The first-order chi connectivity index (χ1) is 11.3. The van der Waals surface area contributed by atoms with E-state index in [-0.39, 0.29) is 30.6 Å². The van der Waals surface area contributed by atoms with Gasteiger partial charge >= 0.3 is 0 Å². The number of rotatable bonds is 7. The summed E-state index contributed by atoms with van der Waals surface area (Å²) in [5.74, 6) is 0.798. The van der Waals surface area contributed by atoms with Crippen molar-refractivity contribution in [3.63, 3.8) is 0 Å². The van der Waals surface area contributed by atoms with Gasteiger partial charge < -0.3 is 10.2 Å². The van der Waals surface area contributed by atoms with Gasteiger partial charge in [0.25, 0.3) is 0 Å². The first-order valence-electron chi connectivity index (χ1n) is 8.97. The number of amides is 1. The zero-order valence-corrected chi connectivity index (χ0v) is 16.2. The fourth-order valence-electron chi connectivity index (χ4n) is 3.50. The van der Waals surface area contributed by atoms with Crippen molar-refractivity contribution in [2.24, 2.45) is 5.92 Å². The Morgan fingerprint density at radius 2 is 2.12 bits per heavy atom. The van der Waals surface area contributed by atoms with Crippen LogP contribution in [0.5, 0.6) is 0 Å². The largest absolute Gasteiger partial charge is 0.352 e. The highest BCUT2D eigenvalue weighted by Crippen LogP contribution is 2.22. The molecule has 0 bridgehead atoms. The van der Waals surface area contributed by atoms with Gasteiger partial charge in [-0.1, -0.05) is 6.92 Å². The van der Waals surface area contributed by atoms with Crippen LogP contribution in [0.25, 0.3) is 0 Å². The Kier molecular flexibility index (Phi) is 6.99. The first kappa shape index (κ1) is 19.1. The Labute approximate surface area is 149 Å². The maximum Gasteiger partial charge on any atom is 0.220 e. The van der Waals surface area contributed by atoms with E-state index < -0.39 is 0 Å². The zero-order chi connectivity index (χ0) is 17.7.